The Balaban J connectivity index is 1.24. The molecule has 0 spiro atoms. The predicted octanol–water partition coefficient (Wildman–Crippen LogP) is 1.79. The Morgan fingerprint density at radius 2 is 1.54 bits per heavy atom. The van der Waals surface area contributed by atoms with Gasteiger partial charge in [0.05, 0.1) is 19.1 Å². The van der Waals surface area contributed by atoms with E-state index in [0.717, 1.165) is 19.3 Å². The van der Waals surface area contributed by atoms with Crippen LogP contribution in [-0.2, 0) is 9.59 Å². The molecule has 4 saturated carbocycles. The van der Waals surface area contributed by atoms with Crippen LogP contribution < -0.4 is 20.9 Å². The summed E-state index contributed by atoms with van der Waals surface area (Å²) < 4.78 is 5.05. The zero-order valence-corrected chi connectivity index (χ0v) is 16.1. The van der Waals surface area contributed by atoms with Crippen molar-refractivity contribution >= 4 is 17.7 Å². The van der Waals surface area contributed by atoms with Gasteiger partial charge in [-0.05, 0) is 80.5 Å². The number of hydrogen-bond acceptors (Lipinski definition) is 4. The number of benzene rings is 1. The fraction of sp³-hybridized carbons (Fsp3) is 0.571. The second kappa shape index (κ2) is 7.45. The van der Waals surface area contributed by atoms with Crippen molar-refractivity contribution in [1.82, 2.24) is 16.2 Å². The Morgan fingerprint density at radius 3 is 2.07 bits per heavy atom. The smallest absolute Gasteiger partial charge is 0.257 e. The summed E-state index contributed by atoms with van der Waals surface area (Å²) in [6.45, 7) is -0.202. The van der Waals surface area contributed by atoms with E-state index in [-0.39, 0.29) is 23.8 Å². The van der Waals surface area contributed by atoms with Crippen LogP contribution in [0.3, 0.4) is 0 Å². The average Bonchev–Trinajstić information content (AvgIpc) is 2.69. The summed E-state index contributed by atoms with van der Waals surface area (Å²) in [5.41, 5.74) is 5.20. The maximum absolute atomic E-state index is 12.8. The first kappa shape index (κ1) is 18.8. The highest BCUT2D eigenvalue weighted by Gasteiger charge is 2.54. The van der Waals surface area contributed by atoms with Gasteiger partial charge >= 0.3 is 0 Å². The third-order valence-corrected chi connectivity index (χ3v) is 6.60. The molecular formula is C21H27N3O4. The van der Waals surface area contributed by atoms with Crippen LogP contribution in [0.1, 0.15) is 48.9 Å². The number of carbonyl (C=O) groups excluding carboxylic acids is 3. The molecule has 0 aromatic heterocycles. The van der Waals surface area contributed by atoms with Gasteiger partial charge in [-0.15, -0.1) is 0 Å². The molecule has 7 nitrogen and oxygen atoms in total. The van der Waals surface area contributed by atoms with E-state index < -0.39 is 5.91 Å². The summed E-state index contributed by atoms with van der Waals surface area (Å²) in [7, 11) is 1.55. The maximum Gasteiger partial charge on any atom is 0.257 e. The van der Waals surface area contributed by atoms with Crippen LogP contribution in [-0.4, -0.2) is 31.4 Å². The number of nitrogens with one attached hydrogen (secondary N) is 3. The average molecular weight is 385 g/mol. The van der Waals surface area contributed by atoms with Crippen molar-refractivity contribution < 1.29 is 19.1 Å². The molecule has 3 amide bonds. The van der Waals surface area contributed by atoms with Crippen molar-refractivity contribution in [2.75, 3.05) is 13.7 Å². The van der Waals surface area contributed by atoms with Crippen molar-refractivity contribution in [3.8, 4) is 5.75 Å². The summed E-state index contributed by atoms with van der Waals surface area (Å²) >= 11 is 0. The molecule has 1 aromatic carbocycles. The number of ether oxygens (including phenoxy) is 1. The molecule has 0 saturated heterocycles. The summed E-state index contributed by atoms with van der Waals surface area (Å²) in [6, 6.07) is 6.61. The molecule has 3 N–H and O–H groups in total. The number of amides is 3. The van der Waals surface area contributed by atoms with E-state index in [1.807, 2.05) is 0 Å². The molecule has 0 unspecified atom stereocenters. The minimum Gasteiger partial charge on any atom is -0.497 e. The third kappa shape index (κ3) is 3.70. The number of rotatable bonds is 5. The van der Waals surface area contributed by atoms with E-state index in [4.69, 9.17) is 4.74 Å². The molecule has 4 bridgehead atoms. The van der Waals surface area contributed by atoms with E-state index in [1.54, 1.807) is 31.4 Å². The van der Waals surface area contributed by atoms with Crippen LogP contribution in [0.2, 0.25) is 0 Å². The molecule has 0 atom stereocenters. The maximum atomic E-state index is 12.8. The van der Waals surface area contributed by atoms with Gasteiger partial charge in [-0.25, -0.2) is 0 Å². The molecule has 0 aliphatic heterocycles. The van der Waals surface area contributed by atoms with Gasteiger partial charge in [0.15, 0.2) is 0 Å². The number of hydrogen-bond donors (Lipinski definition) is 3. The SMILES string of the molecule is COc1ccc(C(=O)NCC(=O)NNC(=O)C23CC4CC(CC(C4)C2)C3)cc1. The summed E-state index contributed by atoms with van der Waals surface area (Å²) in [5, 5.41) is 2.55. The second-order valence-corrected chi connectivity index (χ2v) is 8.61. The first-order valence-electron chi connectivity index (χ1n) is 9.99. The first-order valence-corrected chi connectivity index (χ1v) is 9.99. The Labute approximate surface area is 164 Å². The van der Waals surface area contributed by atoms with Crippen LogP contribution in [0.25, 0.3) is 0 Å². The molecule has 4 aliphatic carbocycles. The molecule has 0 heterocycles. The standard InChI is InChI=1S/C21H27N3O4/c1-28-17-4-2-16(3-5-17)19(26)22-12-18(25)23-24-20(27)21-9-13-6-14(10-21)8-15(7-13)11-21/h2-5,13-15H,6-12H2,1H3,(H,22,26)(H,23,25)(H,24,27). The Kier molecular flexibility index (Phi) is 5.00. The lowest BCUT2D eigenvalue weighted by atomic mass is 9.49. The van der Waals surface area contributed by atoms with Crippen LogP contribution in [0.5, 0.6) is 5.75 Å². The van der Waals surface area contributed by atoms with Crippen molar-refractivity contribution in [2.45, 2.75) is 38.5 Å². The van der Waals surface area contributed by atoms with Crippen LogP contribution >= 0.6 is 0 Å². The van der Waals surface area contributed by atoms with Gasteiger partial charge in [-0.2, -0.15) is 0 Å². The van der Waals surface area contributed by atoms with Crippen LogP contribution in [0, 0.1) is 23.2 Å². The van der Waals surface area contributed by atoms with Gasteiger partial charge in [0.25, 0.3) is 11.8 Å². The highest BCUT2D eigenvalue weighted by molar-refractivity contribution is 5.96. The van der Waals surface area contributed by atoms with Gasteiger partial charge in [-0.3, -0.25) is 25.2 Å². The first-order chi connectivity index (χ1) is 13.5. The summed E-state index contributed by atoms with van der Waals surface area (Å²) in [5.74, 6) is 1.78. The van der Waals surface area contributed by atoms with Crippen molar-refractivity contribution in [2.24, 2.45) is 23.2 Å². The zero-order chi connectivity index (χ0) is 19.7. The lowest BCUT2D eigenvalue weighted by Gasteiger charge is -2.55. The molecule has 0 radical (unpaired) electrons. The highest BCUT2D eigenvalue weighted by atomic mass is 16.5. The fourth-order valence-electron chi connectivity index (χ4n) is 5.70. The lowest BCUT2D eigenvalue weighted by Crippen LogP contribution is -2.57. The highest BCUT2D eigenvalue weighted by Crippen LogP contribution is 2.59. The predicted molar refractivity (Wildman–Crippen MR) is 102 cm³/mol. The number of carbonyl (C=O) groups is 3. The summed E-state index contributed by atoms with van der Waals surface area (Å²) in [4.78, 5) is 36.9. The molecule has 5 rings (SSSR count). The Bertz CT molecular complexity index is 739. The molecular weight excluding hydrogens is 358 g/mol. The Morgan fingerprint density at radius 1 is 0.964 bits per heavy atom. The van der Waals surface area contributed by atoms with Crippen molar-refractivity contribution in [1.29, 1.82) is 0 Å². The minimum atomic E-state index is -0.445. The third-order valence-electron chi connectivity index (χ3n) is 6.60. The normalized spacial score (nSPS) is 29.8. The topological polar surface area (TPSA) is 96.5 Å². The molecule has 4 fully saturated rings. The van der Waals surface area contributed by atoms with Crippen molar-refractivity contribution in [3.63, 3.8) is 0 Å². The molecule has 4 aliphatic rings. The van der Waals surface area contributed by atoms with Crippen LogP contribution in [0.15, 0.2) is 24.3 Å². The molecule has 150 valence electrons. The van der Waals surface area contributed by atoms with Gasteiger partial charge in [0.2, 0.25) is 5.91 Å². The van der Waals surface area contributed by atoms with E-state index >= 15 is 0 Å². The fourth-order valence-corrected chi connectivity index (χ4v) is 5.70. The quantitative estimate of drug-likeness (QED) is 0.673. The number of methoxy groups -OCH3 is 1. The zero-order valence-electron chi connectivity index (χ0n) is 16.1. The van der Waals surface area contributed by atoms with Gasteiger partial charge in [-0.1, -0.05) is 0 Å². The number of hydrazine groups is 1. The summed E-state index contributed by atoms with van der Waals surface area (Å²) in [6.07, 6.45) is 6.60. The second-order valence-electron chi connectivity index (χ2n) is 8.61. The van der Waals surface area contributed by atoms with E-state index in [9.17, 15) is 14.4 Å². The van der Waals surface area contributed by atoms with Gasteiger partial charge in [0, 0.05) is 5.56 Å². The van der Waals surface area contributed by atoms with Gasteiger partial charge in [0.1, 0.15) is 5.75 Å². The monoisotopic (exact) mass is 385 g/mol. The van der Waals surface area contributed by atoms with Gasteiger partial charge < -0.3 is 10.1 Å². The van der Waals surface area contributed by atoms with E-state index in [1.165, 1.54) is 19.3 Å². The lowest BCUT2D eigenvalue weighted by molar-refractivity contribution is -0.148. The van der Waals surface area contributed by atoms with Crippen LogP contribution in [0.4, 0.5) is 0 Å². The molecule has 28 heavy (non-hydrogen) atoms. The van der Waals surface area contributed by atoms with E-state index in [2.05, 4.69) is 16.2 Å². The molecule has 7 heteroatoms. The largest absolute Gasteiger partial charge is 0.497 e. The van der Waals surface area contributed by atoms with E-state index in [0.29, 0.717) is 29.1 Å². The Hall–Kier alpha value is -2.57. The minimum absolute atomic E-state index is 0.0681. The molecule has 1 aromatic rings. The van der Waals surface area contributed by atoms with Crippen molar-refractivity contribution in [3.05, 3.63) is 29.8 Å².